The number of carbonyl (C=O) groups is 1. The first-order valence-corrected chi connectivity index (χ1v) is 6.03. The van der Waals surface area contributed by atoms with Crippen molar-refractivity contribution in [2.24, 2.45) is 0 Å². The molecule has 1 rings (SSSR count). The monoisotopic (exact) mass is 254 g/mol. The first-order valence-electron chi connectivity index (χ1n) is 6.03. The number of nitrogen functional groups attached to an aromatic ring is 1. The van der Waals surface area contributed by atoms with Crippen LogP contribution in [0.1, 0.15) is 24.2 Å². The lowest BCUT2D eigenvalue weighted by Gasteiger charge is -2.17. The van der Waals surface area contributed by atoms with Crippen molar-refractivity contribution in [1.29, 1.82) is 0 Å². The number of halogens is 1. The van der Waals surface area contributed by atoms with E-state index < -0.39 is 11.8 Å². The Hall–Kier alpha value is -1.62. The number of likely N-dealkylation sites (N-methyl/N-ethyl adjacent to an activating group) is 1. The highest BCUT2D eigenvalue weighted by Crippen LogP contribution is 2.12. The molecule has 0 unspecified atom stereocenters. The first kappa shape index (κ1) is 14.4. The van der Waals surface area contributed by atoms with E-state index >= 15 is 0 Å². The summed E-state index contributed by atoms with van der Waals surface area (Å²) in [7, 11) is 0. The van der Waals surface area contributed by atoms with Gasteiger partial charge in [-0.3, -0.25) is 0 Å². The summed E-state index contributed by atoms with van der Waals surface area (Å²) in [5.74, 6) is -1.30. The van der Waals surface area contributed by atoms with E-state index in [0.29, 0.717) is 6.54 Å². The zero-order valence-electron chi connectivity index (χ0n) is 10.8. The molecule has 0 heterocycles. The van der Waals surface area contributed by atoms with Crippen LogP contribution in [0.2, 0.25) is 0 Å². The highest BCUT2D eigenvalue weighted by atomic mass is 19.1. The summed E-state index contributed by atoms with van der Waals surface area (Å²) >= 11 is 0. The Labute approximate surface area is 107 Å². The Morgan fingerprint density at radius 2 is 2.06 bits per heavy atom. The fourth-order valence-corrected chi connectivity index (χ4v) is 1.58. The molecule has 0 bridgehead atoms. The van der Waals surface area contributed by atoms with Crippen LogP contribution in [0.15, 0.2) is 18.2 Å². The standard InChI is InChI=1S/C13H19FN2O2/c1-3-16(4-2)7-8-18-13(17)11-6-5-10(15)9-12(11)14/h5-6,9H,3-4,7-8,15H2,1-2H3. The van der Waals surface area contributed by atoms with Gasteiger partial charge in [-0.15, -0.1) is 0 Å². The summed E-state index contributed by atoms with van der Waals surface area (Å²) in [5.41, 5.74) is 5.61. The molecule has 0 fully saturated rings. The van der Waals surface area contributed by atoms with Gasteiger partial charge in [0.25, 0.3) is 0 Å². The van der Waals surface area contributed by atoms with Crippen molar-refractivity contribution in [2.45, 2.75) is 13.8 Å². The maximum Gasteiger partial charge on any atom is 0.341 e. The van der Waals surface area contributed by atoms with Gasteiger partial charge in [-0.1, -0.05) is 13.8 Å². The summed E-state index contributed by atoms with van der Waals surface area (Å²) < 4.78 is 18.4. The number of carbonyl (C=O) groups excluding carboxylic acids is 1. The summed E-state index contributed by atoms with van der Waals surface area (Å²) in [4.78, 5) is 13.7. The minimum Gasteiger partial charge on any atom is -0.461 e. The minimum absolute atomic E-state index is 0.0799. The molecule has 0 aliphatic rings. The van der Waals surface area contributed by atoms with E-state index in [0.717, 1.165) is 19.2 Å². The Morgan fingerprint density at radius 3 is 2.61 bits per heavy atom. The van der Waals surface area contributed by atoms with E-state index in [-0.39, 0.29) is 17.9 Å². The fraction of sp³-hybridized carbons (Fsp3) is 0.462. The molecule has 0 saturated heterocycles. The number of rotatable bonds is 6. The molecule has 0 aliphatic heterocycles. The van der Waals surface area contributed by atoms with Crippen LogP contribution < -0.4 is 5.73 Å². The number of nitrogens with zero attached hydrogens (tertiary/aromatic N) is 1. The quantitative estimate of drug-likeness (QED) is 0.622. The van der Waals surface area contributed by atoms with Crippen molar-refractivity contribution in [3.05, 3.63) is 29.6 Å². The second-order valence-electron chi connectivity index (χ2n) is 3.90. The average molecular weight is 254 g/mol. The Kier molecular flexibility index (Phi) is 5.58. The lowest BCUT2D eigenvalue weighted by molar-refractivity contribution is 0.0461. The number of hydrogen-bond donors (Lipinski definition) is 1. The van der Waals surface area contributed by atoms with Crippen LogP contribution in [0.25, 0.3) is 0 Å². The van der Waals surface area contributed by atoms with Gasteiger partial charge >= 0.3 is 5.97 Å². The molecule has 0 spiro atoms. The Balaban J connectivity index is 2.50. The summed E-state index contributed by atoms with van der Waals surface area (Å²) in [5, 5.41) is 0. The molecule has 0 radical (unpaired) electrons. The first-order chi connectivity index (χ1) is 8.58. The molecule has 0 atom stereocenters. The third-order valence-corrected chi connectivity index (χ3v) is 2.75. The number of esters is 1. The molecule has 1 aromatic rings. The molecule has 2 N–H and O–H groups in total. The van der Waals surface area contributed by atoms with Crippen molar-refractivity contribution >= 4 is 11.7 Å². The topological polar surface area (TPSA) is 55.6 Å². The van der Waals surface area contributed by atoms with Gasteiger partial charge in [-0.2, -0.15) is 0 Å². The maximum absolute atomic E-state index is 13.4. The van der Waals surface area contributed by atoms with Crippen LogP contribution in [-0.2, 0) is 4.74 Å². The van der Waals surface area contributed by atoms with E-state index in [1.807, 2.05) is 13.8 Å². The molecular weight excluding hydrogens is 235 g/mol. The fourth-order valence-electron chi connectivity index (χ4n) is 1.58. The van der Waals surface area contributed by atoms with Gasteiger partial charge in [-0.05, 0) is 31.3 Å². The number of ether oxygens (including phenoxy) is 1. The molecule has 0 amide bonds. The van der Waals surface area contributed by atoms with Gasteiger partial charge in [0, 0.05) is 12.2 Å². The van der Waals surface area contributed by atoms with Gasteiger partial charge in [-0.25, -0.2) is 9.18 Å². The largest absolute Gasteiger partial charge is 0.461 e. The zero-order valence-corrected chi connectivity index (χ0v) is 10.8. The summed E-state index contributed by atoms with van der Waals surface area (Å²) in [6.07, 6.45) is 0. The van der Waals surface area contributed by atoms with E-state index in [9.17, 15) is 9.18 Å². The number of anilines is 1. The molecule has 100 valence electrons. The normalized spacial score (nSPS) is 10.7. The summed E-state index contributed by atoms with van der Waals surface area (Å²) in [6.45, 7) is 6.75. The van der Waals surface area contributed by atoms with Crippen LogP contribution >= 0.6 is 0 Å². The Morgan fingerprint density at radius 1 is 1.39 bits per heavy atom. The third kappa shape index (κ3) is 4.00. The molecule has 18 heavy (non-hydrogen) atoms. The van der Waals surface area contributed by atoms with Gasteiger partial charge in [0.15, 0.2) is 0 Å². The highest BCUT2D eigenvalue weighted by Gasteiger charge is 2.13. The van der Waals surface area contributed by atoms with Gasteiger partial charge in [0.2, 0.25) is 0 Å². The second-order valence-corrected chi connectivity index (χ2v) is 3.90. The third-order valence-electron chi connectivity index (χ3n) is 2.75. The van der Waals surface area contributed by atoms with Crippen LogP contribution in [-0.4, -0.2) is 37.1 Å². The van der Waals surface area contributed by atoms with E-state index in [4.69, 9.17) is 10.5 Å². The maximum atomic E-state index is 13.4. The van der Waals surface area contributed by atoms with E-state index in [2.05, 4.69) is 4.90 Å². The van der Waals surface area contributed by atoms with Gasteiger partial charge in [0.05, 0.1) is 5.56 Å². The van der Waals surface area contributed by atoms with Gasteiger partial charge < -0.3 is 15.4 Å². The van der Waals surface area contributed by atoms with Crippen molar-refractivity contribution in [3.8, 4) is 0 Å². The van der Waals surface area contributed by atoms with Gasteiger partial charge in [0.1, 0.15) is 12.4 Å². The van der Waals surface area contributed by atoms with Crippen molar-refractivity contribution in [2.75, 3.05) is 32.0 Å². The molecule has 5 heteroatoms. The van der Waals surface area contributed by atoms with Crippen molar-refractivity contribution < 1.29 is 13.9 Å². The second kappa shape index (κ2) is 6.96. The molecule has 0 saturated carbocycles. The van der Waals surface area contributed by atoms with Crippen LogP contribution in [0.3, 0.4) is 0 Å². The predicted molar refractivity (Wildman–Crippen MR) is 68.9 cm³/mol. The van der Waals surface area contributed by atoms with Crippen molar-refractivity contribution in [3.63, 3.8) is 0 Å². The smallest absolute Gasteiger partial charge is 0.341 e. The molecular formula is C13H19FN2O2. The zero-order chi connectivity index (χ0) is 13.5. The van der Waals surface area contributed by atoms with Crippen LogP contribution in [0, 0.1) is 5.82 Å². The minimum atomic E-state index is -0.653. The number of hydrogen-bond acceptors (Lipinski definition) is 4. The van der Waals surface area contributed by atoms with Crippen LogP contribution in [0.4, 0.5) is 10.1 Å². The van der Waals surface area contributed by atoms with Crippen molar-refractivity contribution in [1.82, 2.24) is 4.90 Å². The molecule has 1 aromatic carbocycles. The van der Waals surface area contributed by atoms with E-state index in [1.54, 1.807) is 0 Å². The van der Waals surface area contributed by atoms with Crippen LogP contribution in [0.5, 0.6) is 0 Å². The molecule has 0 aromatic heterocycles. The molecule has 0 aliphatic carbocycles. The predicted octanol–water partition coefficient (Wildman–Crippen LogP) is 1.91. The number of nitrogens with two attached hydrogens (primary N) is 1. The number of benzene rings is 1. The average Bonchev–Trinajstić information content (AvgIpc) is 2.34. The summed E-state index contributed by atoms with van der Waals surface area (Å²) in [6, 6.07) is 3.93. The highest BCUT2D eigenvalue weighted by molar-refractivity contribution is 5.90. The molecule has 4 nitrogen and oxygen atoms in total. The van der Waals surface area contributed by atoms with E-state index in [1.165, 1.54) is 12.1 Å². The lowest BCUT2D eigenvalue weighted by Crippen LogP contribution is -2.28. The SMILES string of the molecule is CCN(CC)CCOC(=O)c1ccc(N)cc1F. The lowest BCUT2D eigenvalue weighted by atomic mass is 10.2. The Bertz CT molecular complexity index is 406.